The van der Waals surface area contributed by atoms with E-state index in [4.69, 9.17) is 0 Å². The van der Waals surface area contributed by atoms with Gasteiger partial charge in [0, 0.05) is 12.6 Å². The molecular formula is C17H30N2. The third-order valence-electron chi connectivity index (χ3n) is 3.95. The topological polar surface area (TPSA) is 15.3 Å². The highest BCUT2D eigenvalue weighted by atomic mass is 15.1. The van der Waals surface area contributed by atoms with E-state index in [0.717, 1.165) is 18.9 Å². The van der Waals surface area contributed by atoms with Gasteiger partial charge in [0.1, 0.15) is 0 Å². The van der Waals surface area contributed by atoms with E-state index >= 15 is 0 Å². The van der Waals surface area contributed by atoms with Crippen LogP contribution in [0.4, 0.5) is 0 Å². The Morgan fingerprint density at radius 2 is 1.84 bits per heavy atom. The summed E-state index contributed by atoms with van der Waals surface area (Å²) in [4.78, 5) is 2.45. The molecule has 0 amide bonds. The van der Waals surface area contributed by atoms with Gasteiger partial charge in [-0.05, 0) is 45.5 Å². The maximum atomic E-state index is 3.43. The van der Waals surface area contributed by atoms with Gasteiger partial charge in [-0.15, -0.1) is 0 Å². The zero-order chi connectivity index (χ0) is 14.3. The van der Waals surface area contributed by atoms with Crippen molar-refractivity contribution >= 4 is 0 Å². The van der Waals surface area contributed by atoms with Crippen molar-refractivity contribution in [1.29, 1.82) is 0 Å². The van der Waals surface area contributed by atoms with Gasteiger partial charge in [0.05, 0.1) is 0 Å². The molecule has 19 heavy (non-hydrogen) atoms. The Morgan fingerprint density at radius 3 is 2.37 bits per heavy atom. The minimum atomic E-state index is 0.458. The van der Waals surface area contributed by atoms with E-state index < -0.39 is 0 Å². The van der Waals surface area contributed by atoms with Crippen LogP contribution in [0, 0.1) is 12.8 Å². The van der Waals surface area contributed by atoms with E-state index in [1.165, 1.54) is 24.1 Å². The van der Waals surface area contributed by atoms with E-state index in [1.54, 1.807) is 0 Å². The number of benzene rings is 1. The fourth-order valence-corrected chi connectivity index (χ4v) is 2.38. The molecule has 1 aromatic carbocycles. The molecule has 0 radical (unpaired) electrons. The number of rotatable bonds is 8. The first-order valence-electron chi connectivity index (χ1n) is 7.49. The van der Waals surface area contributed by atoms with Crippen LogP contribution >= 0.6 is 0 Å². The van der Waals surface area contributed by atoms with Crippen LogP contribution < -0.4 is 5.32 Å². The molecule has 0 spiro atoms. The summed E-state index contributed by atoms with van der Waals surface area (Å²) in [7, 11) is 4.28. The lowest BCUT2D eigenvalue weighted by Gasteiger charge is -2.24. The smallest absolute Gasteiger partial charge is 0.0329 e. The molecule has 2 nitrogen and oxygen atoms in total. The average Bonchev–Trinajstić information content (AvgIpc) is 2.41. The third kappa shape index (κ3) is 5.75. The molecule has 0 aromatic heterocycles. The summed E-state index contributed by atoms with van der Waals surface area (Å²) in [5, 5.41) is 3.43. The summed E-state index contributed by atoms with van der Waals surface area (Å²) in [5.41, 5.74) is 2.72. The Bertz CT molecular complexity index is 345. The molecule has 1 rings (SSSR count). The Hall–Kier alpha value is -0.860. The quantitative estimate of drug-likeness (QED) is 0.769. The van der Waals surface area contributed by atoms with Crippen LogP contribution in [-0.2, 0) is 0 Å². The number of hydrogen-bond acceptors (Lipinski definition) is 2. The summed E-state index contributed by atoms with van der Waals surface area (Å²) in [5.74, 6) is 0.789. The third-order valence-corrected chi connectivity index (χ3v) is 3.95. The second kappa shape index (κ2) is 8.34. The van der Waals surface area contributed by atoms with E-state index in [9.17, 15) is 0 Å². The summed E-state index contributed by atoms with van der Waals surface area (Å²) in [6.45, 7) is 9.07. The van der Waals surface area contributed by atoms with Crippen molar-refractivity contribution < 1.29 is 0 Å². The molecule has 1 aromatic rings. The lowest BCUT2D eigenvalue weighted by atomic mass is 10.0. The maximum Gasteiger partial charge on any atom is 0.0329 e. The van der Waals surface area contributed by atoms with Crippen molar-refractivity contribution in [2.45, 2.75) is 39.7 Å². The van der Waals surface area contributed by atoms with Crippen molar-refractivity contribution in [3.8, 4) is 0 Å². The zero-order valence-electron chi connectivity index (χ0n) is 13.2. The molecule has 0 heterocycles. The van der Waals surface area contributed by atoms with Gasteiger partial charge in [0.25, 0.3) is 0 Å². The van der Waals surface area contributed by atoms with Gasteiger partial charge in [0.2, 0.25) is 0 Å². The zero-order valence-corrected chi connectivity index (χ0v) is 13.2. The van der Waals surface area contributed by atoms with Gasteiger partial charge in [-0.25, -0.2) is 0 Å². The predicted molar refractivity (Wildman–Crippen MR) is 84.5 cm³/mol. The molecule has 108 valence electrons. The van der Waals surface area contributed by atoms with Gasteiger partial charge < -0.3 is 10.2 Å². The highest BCUT2D eigenvalue weighted by Crippen LogP contribution is 2.17. The van der Waals surface area contributed by atoms with Crippen molar-refractivity contribution in [2.75, 3.05) is 27.2 Å². The number of hydrogen-bond donors (Lipinski definition) is 1. The number of aryl methyl sites for hydroxylation is 1. The second-order valence-corrected chi connectivity index (χ2v) is 5.82. The standard InChI is InChI=1S/C17H30N2/c1-6-14(2)13-19(5)12-11-17(18-4)16-9-7-15(3)8-10-16/h7-10,14,17-18H,6,11-13H2,1-5H3. The van der Waals surface area contributed by atoms with Gasteiger partial charge >= 0.3 is 0 Å². The molecule has 2 unspecified atom stereocenters. The minimum Gasteiger partial charge on any atom is -0.313 e. The Labute approximate surface area is 119 Å². The molecule has 0 saturated carbocycles. The van der Waals surface area contributed by atoms with Crippen LogP contribution in [0.3, 0.4) is 0 Å². The number of nitrogens with zero attached hydrogens (tertiary/aromatic N) is 1. The highest BCUT2D eigenvalue weighted by Gasteiger charge is 2.11. The first-order valence-corrected chi connectivity index (χ1v) is 7.49. The van der Waals surface area contributed by atoms with Crippen molar-refractivity contribution in [3.63, 3.8) is 0 Å². The van der Waals surface area contributed by atoms with Gasteiger partial charge in [0.15, 0.2) is 0 Å². The van der Waals surface area contributed by atoms with Crippen LogP contribution in [0.2, 0.25) is 0 Å². The summed E-state index contributed by atoms with van der Waals surface area (Å²) < 4.78 is 0. The fourth-order valence-electron chi connectivity index (χ4n) is 2.38. The average molecular weight is 262 g/mol. The molecule has 1 N–H and O–H groups in total. The number of nitrogens with one attached hydrogen (secondary N) is 1. The molecule has 0 aliphatic rings. The first-order chi connectivity index (χ1) is 9.06. The lowest BCUT2D eigenvalue weighted by Crippen LogP contribution is -2.28. The Morgan fingerprint density at radius 1 is 1.21 bits per heavy atom. The fraction of sp³-hybridized carbons (Fsp3) is 0.647. The summed E-state index contributed by atoms with van der Waals surface area (Å²) >= 11 is 0. The van der Waals surface area contributed by atoms with Gasteiger partial charge in [-0.3, -0.25) is 0 Å². The maximum absolute atomic E-state index is 3.43. The van der Waals surface area contributed by atoms with Crippen molar-refractivity contribution in [1.82, 2.24) is 10.2 Å². The monoisotopic (exact) mass is 262 g/mol. The Balaban J connectivity index is 2.46. The van der Waals surface area contributed by atoms with Crippen LogP contribution in [0.5, 0.6) is 0 Å². The largest absolute Gasteiger partial charge is 0.313 e. The predicted octanol–water partition coefficient (Wildman–Crippen LogP) is 3.62. The van der Waals surface area contributed by atoms with Crippen molar-refractivity contribution in [3.05, 3.63) is 35.4 Å². The SMILES string of the molecule is CCC(C)CN(C)CCC(NC)c1ccc(C)cc1. The first kappa shape index (κ1) is 16.2. The van der Waals surface area contributed by atoms with Crippen LogP contribution in [0.25, 0.3) is 0 Å². The Kier molecular flexibility index (Phi) is 7.11. The lowest BCUT2D eigenvalue weighted by molar-refractivity contribution is 0.268. The highest BCUT2D eigenvalue weighted by molar-refractivity contribution is 5.24. The summed E-state index contributed by atoms with van der Waals surface area (Å²) in [6.07, 6.45) is 2.42. The minimum absolute atomic E-state index is 0.458. The van der Waals surface area contributed by atoms with Crippen molar-refractivity contribution in [2.24, 2.45) is 5.92 Å². The van der Waals surface area contributed by atoms with E-state index in [0.29, 0.717) is 6.04 Å². The second-order valence-electron chi connectivity index (χ2n) is 5.82. The van der Waals surface area contributed by atoms with Crippen LogP contribution in [0.1, 0.15) is 43.9 Å². The van der Waals surface area contributed by atoms with E-state index in [2.05, 4.69) is 69.3 Å². The molecular weight excluding hydrogens is 232 g/mol. The van der Waals surface area contributed by atoms with Gasteiger partial charge in [-0.1, -0.05) is 50.1 Å². The van der Waals surface area contributed by atoms with Gasteiger partial charge in [-0.2, -0.15) is 0 Å². The van der Waals surface area contributed by atoms with Crippen LogP contribution in [0.15, 0.2) is 24.3 Å². The van der Waals surface area contributed by atoms with E-state index in [1.807, 2.05) is 0 Å². The molecule has 0 fully saturated rings. The molecule has 0 bridgehead atoms. The molecule has 0 saturated heterocycles. The molecule has 0 aliphatic heterocycles. The normalized spacial score (nSPS) is 14.6. The molecule has 2 atom stereocenters. The molecule has 0 aliphatic carbocycles. The molecule has 2 heteroatoms. The van der Waals surface area contributed by atoms with E-state index in [-0.39, 0.29) is 0 Å². The van der Waals surface area contributed by atoms with Crippen LogP contribution in [-0.4, -0.2) is 32.1 Å². The summed E-state index contributed by atoms with van der Waals surface area (Å²) in [6, 6.07) is 9.33.